The van der Waals surface area contributed by atoms with Crippen LogP contribution in [0.3, 0.4) is 0 Å². The number of nitrogens with one attached hydrogen (secondary N) is 1. The van der Waals surface area contributed by atoms with Crippen LogP contribution >= 0.6 is 0 Å². The number of aliphatic imine (C=N–C) groups is 1. The summed E-state index contributed by atoms with van der Waals surface area (Å²) in [5.41, 5.74) is 1.14. The van der Waals surface area contributed by atoms with E-state index >= 15 is 0 Å². The van der Waals surface area contributed by atoms with Crippen LogP contribution in [0.2, 0.25) is 0 Å². The summed E-state index contributed by atoms with van der Waals surface area (Å²) >= 11 is 0. The number of nitrogens with zero attached hydrogens (tertiary/aromatic N) is 3. The zero-order valence-corrected chi connectivity index (χ0v) is 14.4. The molecule has 0 bridgehead atoms. The average Bonchev–Trinajstić information content (AvgIpc) is 2.60. The molecule has 126 valence electrons. The molecular weight excluding hydrogens is 284 g/mol. The third-order valence-electron chi connectivity index (χ3n) is 4.91. The summed E-state index contributed by atoms with van der Waals surface area (Å²) in [4.78, 5) is 9.88. The Labute approximate surface area is 140 Å². The van der Waals surface area contributed by atoms with E-state index in [1.54, 1.807) is 0 Å². The Morgan fingerprint density at radius 1 is 1.09 bits per heavy atom. The maximum Gasteiger partial charge on any atom is 0.198 e. The Bertz CT molecular complexity index is 493. The van der Waals surface area contributed by atoms with Crippen molar-refractivity contribution < 1.29 is 0 Å². The summed E-state index contributed by atoms with van der Waals surface area (Å²) in [6.45, 7) is 5.62. The first-order valence-electron chi connectivity index (χ1n) is 9.11. The van der Waals surface area contributed by atoms with Gasteiger partial charge in [-0.2, -0.15) is 0 Å². The first kappa shape index (κ1) is 16.3. The van der Waals surface area contributed by atoms with E-state index in [1.165, 1.54) is 45.2 Å². The third-order valence-corrected chi connectivity index (χ3v) is 4.91. The lowest BCUT2D eigenvalue weighted by Crippen LogP contribution is -2.41. The van der Waals surface area contributed by atoms with Crippen LogP contribution in [-0.4, -0.2) is 55.5 Å². The number of rotatable bonds is 3. The molecule has 2 saturated heterocycles. The van der Waals surface area contributed by atoms with E-state index in [2.05, 4.69) is 52.5 Å². The van der Waals surface area contributed by atoms with Gasteiger partial charge in [0.15, 0.2) is 5.96 Å². The lowest BCUT2D eigenvalue weighted by Gasteiger charge is -2.32. The maximum absolute atomic E-state index is 5.01. The minimum Gasteiger partial charge on any atom is -0.343 e. The molecule has 2 aliphatic heterocycles. The molecule has 0 aromatic heterocycles. The molecular formula is C19H30N4. The summed E-state index contributed by atoms with van der Waals surface area (Å²) < 4.78 is 0. The number of hydrogen-bond donors (Lipinski definition) is 1. The van der Waals surface area contributed by atoms with Gasteiger partial charge in [0.2, 0.25) is 0 Å². The molecule has 1 aromatic rings. The molecule has 3 rings (SSSR count). The number of hydrogen-bond acceptors (Lipinski definition) is 2. The first-order chi connectivity index (χ1) is 11.3. The lowest BCUT2D eigenvalue weighted by molar-refractivity contribution is 0.214. The van der Waals surface area contributed by atoms with Gasteiger partial charge in [0, 0.05) is 31.9 Å². The molecule has 2 heterocycles. The van der Waals surface area contributed by atoms with Gasteiger partial charge in [0.05, 0.1) is 0 Å². The quantitative estimate of drug-likeness (QED) is 0.686. The number of likely N-dealkylation sites (tertiary alicyclic amines) is 2. The monoisotopic (exact) mass is 314 g/mol. The van der Waals surface area contributed by atoms with E-state index in [-0.39, 0.29) is 0 Å². The number of guanidine groups is 1. The molecule has 1 atom stereocenters. The van der Waals surface area contributed by atoms with E-state index in [9.17, 15) is 0 Å². The predicted octanol–water partition coefficient (Wildman–Crippen LogP) is 3.28. The number of anilines is 1. The summed E-state index contributed by atoms with van der Waals surface area (Å²) in [7, 11) is 2.23. The van der Waals surface area contributed by atoms with E-state index in [4.69, 9.17) is 4.99 Å². The van der Waals surface area contributed by atoms with E-state index < -0.39 is 0 Å². The van der Waals surface area contributed by atoms with Gasteiger partial charge in [0.1, 0.15) is 0 Å². The molecule has 4 heteroatoms. The average molecular weight is 314 g/mol. The highest BCUT2D eigenvalue weighted by Crippen LogP contribution is 2.17. The first-order valence-corrected chi connectivity index (χ1v) is 9.11. The standard InChI is InChI=1S/C19H30N4/c1-22-12-8-9-17(16-22)15-20-19(23-13-6-3-7-14-23)21-18-10-4-2-5-11-18/h2,4-5,10-11,17H,3,6-9,12-16H2,1H3,(H,20,21). The fourth-order valence-corrected chi connectivity index (χ4v) is 3.61. The molecule has 0 amide bonds. The second-order valence-electron chi connectivity index (χ2n) is 6.97. The van der Waals surface area contributed by atoms with Gasteiger partial charge in [-0.25, -0.2) is 0 Å². The van der Waals surface area contributed by atoms with E-state index in [0.717, 1.165) is 31.3 Å². The number of para-hydroxylation sites is 1. The van der Waals surface area contributed by atoms with E-state index in [0.29, 0.717) is 5.92 Å². The van der Waals surface area contributed by atoms with Crippen molar-refractivity contribution in [3.63, 3.8) is 0 Å². The van der Waals surface area contributed by atoms with Crippen molar-refractivity contribution in [3.8, 4) is 0 Å². The summed E-state index contributed by atoms with van der Waals surface area (Å²) in [6, 6.07) is 10.4. The zero-order chi connectivity index (χ0) is 15.9. The van der Waals surface area contributed by atoms with Crippen LogP contribution in [-0.2, 0) is 0 Å². The third kappa shape index (κ3) is 4.96. The highest BCUT2D eigenvalue weighted by atomic mass is 15.3. The zero-order valence-electron chi connectivity index (χ0n) is 14.4. The predicted molar refractivity (Wildman–Crippen MR) is 98.0 cm³/mol. The highest BCUT2D eigenvalue weighted by molar-refractivity contribution is 5.93. The number of benzene rings is 1. The maximum atomic E-state index is 5.01. The molecule has 1 aromatic carbocycles. The number of piperidine rings is 2. The highest BCUT2D eigenvalue weighted by Gasteiger charge is 2.19. The normalized spacial score (nSPS) is 23.8. The Kier molecular flexibility index (Phi) is 5.92. The molecule has 1 unspecified atom stereocenters. The van der Waals surface area contributed by atoms with Gasteiger partial charge >= 0.3 is 0 Å². The largest absolute Gasteiger partial charge is 0.343 e. The van der Waals surface area contributed by atoms with Gasteiger partial charge in [-0.3, -0.25) is 4.99 Å². The van der Waals surface area contributed by atoms with Crippen LogP contribution in [0.5, 0.6) is 0 Å². The molecule has 4 nitrogen and oxygen atoms in total. The van der Waals surface area contributed by atoms with Crippen molar-refractivity contribution in [1.29, 1.82) is 0 Å². The molecule has 23 heavy (non-hydrogen) atoms. The van der Waals surface area contributed by atoms with Crippen LogP contribution in [0.15, 0.2) is 35.3 Å². The van der Waals surface area contributed by atoms with Crippen LogP contribution in [0.25, 0.3) is 0 Å². The van der Waals surface area contributed by atoms with Crippen LogP contribution in [0, 0.1) is 5.92 Å². The van der Waals surface area contributed by atoms with Crippen LogP contribution < -0.4 is 5.32 Å². The molecule has 0 radical (unpaired) electrons. The minimum absolute atomic E-state index is 0.700. The summed E-state index contributed by atoms with van der Waals surface area (Å²) in [6.07, 6.45) is 6.53. The van der Waals surface area contributed by atoms with E-state index in [1.807, 2.05) is 0 Å². The molecule has 0 aliphatic carbocycles. The lowest BCUT2D eigenvalue weighted by atomic mass is 9.99. The minimum atomic E-state index is 0.700. The topological polar surface area (TPSA) is 30.9 Å². The van der Waals surface area contributed by atoms with Gasteiger partial charge < -0.3 is 15.1 Å². The summed E-state index contributed by atoms with van der Waals surface area (Å²) in [5.74, 6) is 1.77. The van der Waals surface area contributed by atoms with Crippen molar-refractivity contribution in [2.24, 2.45) is 10.9 Å². The molecule has 2 aliphatic rings. The molecule has 0 spiro atoms. The van der Waals surface area contributed by atoms with Crippen LogP contribution in [0.4, 0.5) is 5.69 Å². The molecule has 1 N–H and O–H groups in total. The fraction of sp³-hybridized carbons (Fsp3) is 0.632. The summed E-state index contributed by atoms with van der Waals surface area (Å²) in [5, 5.41) is 3.56. The van der Waals surface area contributed by atoms with Crippen molar-refractivity contribution in [3.05, 3.63) is 30.3 Å². The second-order valence-corrected chi connectivity index (χ2v) is 6.97. The Morgan fingerprint density at radius 3 is 2.61 bits per heavy atom. The molecule has 0 saturated carbocycles. The van der Waals surface area contributed by atoms with Crippen molar-refractivity contribution in [2.75, 3.05) is 45.1 Å². The van der Waals surface area contributed by atoms with Gasteiger partial charge in [-0.05, 0) is 63.7 Å². The Morgan fingerprint density at radius 2 is 1.87 bits per heavy atom. The Balaban J connectivity index is 1.67. The van der Waals surface area contributed by atoms with Crippen molar-refractivity contribution >= 4 is 11.6 Å². The SMILES string of the molecule is CN1CCCC(CN=C(Nc2ccccc2)N2CCCCC2)C1. The van der Waals surface area contributed by atoms with Crippen molar-refractivity contribution in [2.45, 2.75) is 32.1 Å². The van der Waals surface area contributed by atoms with Crippen molar-refractivity contribution in [1.82, 2.24) is 9.80 Å². The van der Waals surface area contributed by atoms with Gasteiger partial charge in [0.25, 0.3) is 0 Å². The smallest absolute Gasteiger partial charge is 0.198 e. The van der Waals surface area contributed by atoms with Gasteiger partial charge in [-0.1, -0.05) is 18.2 Å². The van der Waals surface area contributed by atoms with Crippen LogP contribution in [0.1, 0.15) is 32.1 Å². The van der Waals surface area contributed by atoms with Gasteiger partial charge in [-0.15, -0.1) is 0 Å². The Hall–Kier alpha value is -1.55. The fourth-order valence-electron chi connectivity index (χ4n) is 3.61. The molecule has 2 fully saturated rings. The second kappa shape index (κ2) is 8.34.